The molecule has 0 saturated carbocycles. The van der Waals surface area contributed by atoms with Gasteiger partial charge in [0, 0.05) is 19.1 Å². The van der Waals surface area contributed by atoms with Crippen LogP contribution in [-0.2, 0) is 4.79 Å². The Balaban J connectivity index is 1.90. The van der Waals surface area contributed by atoms with Gasteiger partial charge in [-0.3, -0.25) is 9.59 Å². The second-order valence-corrected chi connectivity index (χ2v) is 9.45. The van der Waals surface area contributed by atoms with Crippen molar-refractivity contribution in [1.82, 2.24) is 19.7 Å². The van der Waals surface area contributed by atoms with E-state index in [1.807, 2.05) is 23.6 Å². The average molecular weight is 379 g/mol. The summed E-state index contributed by atoms with van der Waals surface area (Å²) in [4.78, 5) is 37.7. The van der Waals surface area contributed by atoms with E-state index in [-0.39, 0.29) is 23.9 Å². The predicted octanol–water partition coefficient (Wildman–Crippen LogP) is 2.16. The highest BCUT2D eigenvalue weighted by molar-refractivity contribution is 7.13. The summed E-state index contributed by atoms with van der Waals surface area (Å²) < 4.78 is 0. The lowest BCUT2D eigenvalue weighted by molar-refractivity contribution is -0.142. The summed E-state index contributed by atoms with van der Waals surface area (Å²) in [6.45, 7) is 9.41. The summed E-state index contributed by atoms with van der Waals surface area (Å²) in [6.07, 6.45) is 1.63. The maximum atomic E-state index is 13.3. The molecule has 0 N–H and O–H groups in total. The molecule has 26 heavy (non-hydrogen) atoms. The number of amides is 2. The lowest BCUT2D eigenvalue weighted by Gasteiger charge is -2.43. The molecule has 7 heteroatoms. The Bertz CT molecular complexity index is 700. The third-order valence-corrected chi connectivity index (χ3v) is 6.59. The van der Waals surface area contributed by atoms with Crippen molar-refractivity contribution >= 4 is 23.2 Å². The summed E-state index contributed by atoms with van der Waals surface area (Å²) in [6, 6.07) is 0.129. The molecule has 3 atom stereocenters. The number of carbonyl (C=O) groups is 2. The average Bonchev–Trinajstić information content (AvgIpc) is 3.12. The van der Waals surface area contributed by atoms with Crippen molar-refractivity contribution in [2.45, 2.75) is 58.7 Å². The van der Waals surface area contributed by atoms with Crippen LogP contribution in [-0.4, -0.2) is 76.8 Å². The Morgan fingerprint density at radius 2 is 2.00 bits per heavy atom. The Kier molecular flexibility index (Phi) is 5.40. The predicted molar refractivity (Wildman–Crippen MR) is 103 cm³/mol. The van der Waals surface area contributed by atoms with Crippen LogP contribution in [0, 0.1) is 19.8 Å². The molecule has 3 rings (SSSR count). The van der Waals surface area contributed by atoms with E-state index in [1.54, 1.807) is 0 Å². The van der Waals surface area contributed by atoms with Gasteiger partial charge in [0.05, 0.1) is 16.7 Å². The SMILES string of the molecule is Cc1nc(C)c(C(=O)N2C[C@@H]3C[C@H](N(C)C)CN3C(=O)[C@@H]2CC(C)C)s1. The minimum absolute atomic E-state index is 0.0277. The maximum absolute atomic E-state index is 13.3. The van der Waals surface area contributed by atoms with Crippen molar-refractivity contribution in [3.8, 4) is 0 Å². The molecule has 0 spiro atoms. The highest BCUT2D eigenvalue weighted by Gasteiger charge is 2.47. The van der Waals surface area contributed by atoms with Crippen molar-refractivity contribution in [3.63, 3.8) is 0 Å². The second-order valence-electron chi connectivity index (χ2n) is 8.25. The number of rotatable bonds is 4. The number of hydrogen-bond donors (Lipinski definition) is 0. The van der Waals surface area contributed by atoms with Gasteiger partial charge in [0.1, 0.15) is 10.9 Å². The molecule has 1 aromatic rings. The molecule has 0 bridgehead atoms. The first kappa shape index (κ1) is 19.3. The number of likely N-dealkylation sites (N-methyl/N-ethyl adjacent to an activating group) is 1. The molecule has 2 fully saturated rings. The van der Waals surface area contributed by atoms with E-state index in [2.05, 4.69) is 37.8 Å². The van der Waals surface area contributed by atoms with E-state index in [9.17, 15) is 9.59 Å². The Morgan fingerprint density at radius 1 is 1.31 bits per heavy atom. The smallest absolute Gasteiger partial charge is 0.266 e. The number of aromatic nitrogens is 1. The Hall–Kier alpha value is -1.47. The number of fused-ring (bicyclic) bond motifs is 1. The number of hydrogen-bond acceptors (Lipinski definition) is 5. The fraction of sp³-hybridized carbons (Fsp3) is 0.737. The molecule has 1 aromatic heterocycles. The Labute approximate surface area is 160 Å². The van der Waals surface area contributed by atoms with E-state index < -0.39 is 0 Å². The topological polar surface area (TPSA) is 56.8 Å². The van der Waals surface area contributed by atoms with Crippen molar-refractivity contribution in [3.05, 3.63) is 15.6 Å². The van der Waals surface area contributed by atoms with Gasteiger partial charge in [0.2, 0.25) is 5.91 Å². The monoisotopic (exact) mass is 378 g/mol. The van der Waals surface area contributed by atoms with Gasteiger partial charge >= 0.3 is 0 Å². The van der Waals surface area contributed by atoms with Gasteiger partial charge in [-0.25, -0.2) is 4.98 Å². The lowest BCUT2D eigenvalue weighted by atomic mass is 9.97. The molecule has 2 aliphatic rings. The van der Waals surface area contributed by atoms with E-state index in [4.69, 9.17) is 0 Å². The van der Waals surface area contributed by atoms with Gasteiger partial charge in [-0.1, -0.05) is 13.8 Å². The maximum Gasteiger partial charge on any atom is 0.266 e. The fourth-order valence-electron chi connectivity index (χ4n) is 4.15. The van der Waals surface area contributed by atoms with Crippen LogP contribution in [0.3, 0.4) is 0 Å². The number of piperazine rings is 1. The minimum atomic E-state index is -0.360. The van der Waals surface area contributed by atoms with E-state index in [0.717, 1.165) is 23.7 Å². The first-order chi connectivity index (χ1) is 12.2. The van der Waals surface area contributed by atoms with Gasteiger partial charge in [-0.2, -0.15) is 0 Å². The van der Waals surface area contributed by atoms with Crippen LogP contribution >= 0.6 is 11.3 Å². The van der Waals surface area contributed by atoms with E-state index in [0.29, 0.717) is 29.8 Å². The number of aryl methyl sites for hydroxylation is 2. The fourth-order valence-corrected chi connectivity index (χ4v) is 5.02. The summed E-state index contributed by atoms with van der Waals surface area (Å²) >= 11 is 1.43. The zero-order chi connectivity index (χ0) is 19.2. The van der Waals surface area contributed by atoms with Crippen molar-refractivity contribution in [2.75, 3.05) is 27.2 Å². The molecular formula is C19H30N4O2S. The quantitative estimate of drug-likeness (QED) is 0.806. The molecule has 2 saturated heterocycles. The third kappa shape index (κ3) is 3.51. The number of carbonyl (C=O) groups excluding carboxylic acids is 2. The number of thiazole rings is 1. The molecule has 6 nitrogen and oxygen atoms in total. The zero-order valence-corrected chi connectivity index (χ0v) is 17.5. The first-order valence-corrected chi connectivity index (χ1v) is 10.2. The minimum Gasteiger partial charge on any atom is -0.335 e. The van der Waals surface area contributed by atoms with Gasteiger partial charge in [-0.05, 0) is 46.7 Å². The lowest BCUT2D eigenvalue weighted by Crippen LogP contribution is -2.61. The van der Waals surface area contributed by atoms with Crippen LogP contribution < -0.4 is 0 Å². The molecule has 0 aromatic carbocycles. The van der Waals surface area contributed by atoms with Crippen LogP contribution in [0.25, 0.3) is 0 Å². The van der Waals surface area contributed by atoms with Gasteiger partial charge < -0.3 is 14.7 Å². The molecular weight excluding hydrogens is 348 g/mol. The highest BCUT2D eigenvalue weighted by atomic mass is 32.1. The van der Waals surface area contributed by atoms with Gasteiger partial charge in [-0.15, -0.1) is 11.3 Å². The van der Waals surface area contributed by atoms with Crippen LogP contribution in [0.2, 0.25) is 0 Å². The van der Waals surface area contributed by atoms with Crippen LogP contribution in [0.1, 0.15) is 47.1 Å². The molecule has 2 aliphatic heterocycles. The van der Waals surface area contributed by atoms with Crippen LogP contribution in [0.4, 0.5) is 0 Å². The number of nitrogens with zero attached hydrogens (tertiary/aromatic N) is 4. The third-order valence-electron chi connectivity index (χ3n) is 5.53. The van der Waals surface area contributed by atoms with E-state index >= 15 is 0 Å². The first-order valence-electron chi connectivity index (χ1n) is 9.41. The van der Waals surface area contributed by atoms with Crippen molar-refractivity contribution < 1.29 is 9.59 Å². The van der Waals surface area contributed by atoms with Crippen LogP contribution in [0.15, 0.2) is 0 Å². The largest absolute Gasteiger partial charge is 0.335 e. The van der Waals surface area contributed by atoms with Crippen molar-refractivity contribution in [1.29, 1.82) is 0 Å². The summed E-state index contributed by atoms with van der Waals surface area (Å²) in [5.41, 5.74) is 0.772. The van der Waals surface area contributed by atoms with Gasteiger partial charge in [0.25, 0.3) is 5.91 Å². The molecule has 144 valence electrons. The molecule has 0 aliphatic carbocycles. The van der Waals surface area contributed by atoms with Crippen molar-refractivity contribution in [2.24, 2.45) is 5.92 Å². The van der Waals surface area contributed by atoms with E-state index in [1.165, 1.54) is 11.3 Å². The summed E-state index contributed by atoms with van der Waals surface area (Å²) in [5.74, 6) is 0.443. The standard InChI is InChI=1S/C19H30N4O2S/c1-11(2)7-16-18(24)22-9-14(21(5)6)8-15(22)10-23(16)19(25)17-12(3)20-13(4)26-17/h11,14-16H,7-10H2,1-6H3/t14-,15-,16-/m0/s1. The molecule has 0 radical (unpaired) electrons. The molecule has 0 unspecified atom stereocenters. The zero-order valence-electron chi connectivity index (χ0n) is 16.7. The highest BCUT2D eigenvalue weighted by Crippen LogP contribution is 2.32. The molecule has 3 heterocycles. The normalized spacial score (nSPS) is 26.2. The second kappa shape index (κ2) is 7.27. The summed E-state index contributed by atoms with van der Waals surface area (Å²) in [7, 11) is 4.12. The Morgan fingerprint density at radius 3 is 2.54 bits per heavy atom. The van der Waals surface area contributed by atoms with Crippen LogP contribution in [0.5, 0.6) is 0 Å². The molecule has 2 amide bonds. The van der Waals surface area contributed by atoms with Gasteiger partial charge in [0.15, 0.2) is 0 Å². The summed E-state index contributed by atoms with van der Waals surface area (Å²) in [5, 5.41) is 0.893.